The molecule has 0 aromatic heterocycles. The second-order valence-electron chi connectivity index (χ2n) is 5.63. The maximum atomic E-state index is 12.3. The number of nitrogens with zero attached hydrogens (tertiary/aromatic N) is 1. The second-order valence-corrected chi connectivity index (χ2v) is 6.49. The van der Waals surface area contributed by atoms with E-state index in [-0.39, 0.29) is 5.91 Å². The molecule has 0 radical (unpaired) electrons. The van der Waals surface area contributed by atoms with Gasteiger partial charge in [0.1, 0.15) is 6.61 Å². The summed E-state index contributed by atoms with van der Waals surface area (Å²) in [7, 11) is 3.04. The first kappa shape index (κ1) is 22.3. The molecular weight excluding hydrogens is 440 g/mol. The summed E-state index contributed by atoms with van der Waals surface area (Å²) in [4.78, 5) is 12.3. The minimum Gasteiger partial charge on any atom is -0.493 e. The molecule has 0 aliphatic rings. The fourth-order valence-electron chi connectivity index (χ4n) is 2.42. The highest BCUT2D eigenvalue weighted by molar-refractivity contribution is 9.10. The van der Waals surface area contributed by atoms with Crippen molar-refractivity contribution >= 4 is 28.1 Å². The van der Waals surface area contributed by atoms with Gasteiger partial charge in [-0.05, 0) is 58.7 Å². The predicted octanol–water partition coefficient (Wildman–Crippen LogP) is 4.19. The minimum absolute atomic E-state index is 0.355. The molecule has 8 heteroatoms. The molecule has 0 heterocycles. The van der Waals surface area contributed by atoms with Crippen molar-refractivity contribution in [1.82, 2.24) is 5.43 Å². The molecule has 0 aliphatic carbocycles. The van der Waals surface area contributed by atoms with Gasteiger partial charge in [0, 0.05) is 5.56 Å². The van der Waals surface area contributed by atoms with Crippen LogP contribution in [0.1, 0.15) is 22.8 Å². The molecule has 0 aliphatic heterocycles. The second kappa shape index (κ2) is 11.1. The molecule has 29 heavy (non-hydrogen) atoms. The molecule has 2 aromatic carbocycles. The van der Waals surface area contributed by atoms with Crippen LogP contribution in [0.3, 0.4) is 0 Å². The van der Waals surface area contributed by atoms with E-state index in [2.05, 4.69) is 33.0 Å². The van der Waals surface area contributed by atoms with Crippen LogP contribution in [-0.2, 0) is 0 Å². The Hall–Kier alpha value is -3.00. The lowest BCUT2D eigenvalue weighted by molar-refractivity contribution is 0.0954. The van der Waals surface area contributed by atoms with Crippen LogP contribution < -0.4 is 24.4 Å². The molecule has 154 valence electrons. The zero-order valence-electron chi connectivity index (χ0n) is 16.5. The zero-order chi connectivity index (χ0) is 21.2. The highest BCUT2D eigenvalue weighted by Crippen LogP contribution is 2.36. The summed E-state index contributed by atoms with van der Waals surface area (Å²) in [5.74, 6) is 1.77. The quantitative estimate of drug-likeness (QED) is 0.325. The number of hydrogen-bond acceptors (Lipinski definition) is 6. The Bertz CT molecular complexity index is 899. The summed E-state index contributed by atoms with van der Waals surface area (Å²) >= 11 is 3.47. The molecule has 2 aromatic rings. The number of nitrogens with one attached hydrogen (secondary N) is 1. The van der Waals surface area contributed by atoms with Gasteiger partial charge >= 0.3 is 0 Å². The van der Waals surface area contributed by atoms with Gasteiger partial charge in [0.25, 0.3) is 5.91 Å². The summed E-state index contributed by atoms with van der Waals surface area (Å²) in [6, 6.07) is 8.46. The molecule has 0 fully saturated rings. The zero-order valence-corrected chi connectivity index (χ0v) is 18.1. The Morgan fingerprint density at radius 2 is 1.90 bits per heavy atom. The number of carbonyl (C=O) groups excluding carboxylic acids is 1. The summed E-state index contributed by atoms with van der Waals surface area (Å²) in [6.07, 6.45) is 3.17. The maximum absolute atomic E-state index is 12.3. The molecule has 1 amide bonds. The van der Waals surface area contributed by atoms with Crippen molar-refractivity contribution < 1.29 is 23.7 Å². The summed E-state index contributed by atoms with van der Waals surface area (Å²) in [5, 5.41) is 4.02. The van der Waals surface area contributed by atoms with E-state index in [1.54, 1.807) is 30.3 Å². The molecule has 0 bridgehead atoms. The highest BCUT2D eigenvalue weighted by atomic mass is 79.9. The summed E-state index contributed by atoms with van der Waals surface area (Å²) < 4.78 is 22.4. The van der Waals surface area contributed by atoms with E-state index in [1.165, 1.54) is 20.4 Å². The van der Waals surface area contributed by atoms with Gasteiger partial charge in [0.15, 0.2) is 23.0 Å². The van der Waals surface area contributed by atoms with Gasteiger partial charge in [-0.1, -0.05) is 12.7 Å². The predicted molar refractivity (Wildman–Crippen MR) is 116 cm³/mol. The summed E-state index contributed by atoms with van der Waals surface area (Å²) in [6.45, 7) is 6.36. The molecule has 0 atom stereocenters. The number of benzene rings is 2. The number of hydrogen-bond donors (Lipinski definition) is 1. The average Bonchev–Trinajstić information content (AvgIpc) is 2.72. The van der Waals surface area contributed by atoms with Crippen molar-refractivity contribution in [3.05, 3.63) is 58.6 Å². The molecule has 0 saturated carbocycles. The molecule has 2 rings (SSSR count). The molecule has 0 unspecified atom stereocenters. The Morgan fingerprint density at radius 3 is 2.55 bits per heavy atom. The van der Waals surface area contributed by atoms with Gasteiger partial charge in [0.05, 0.1) is 31.5 Å². The monoisotopic (exact) mass is 462 g/mol. The Kier molecular flexibility index (Phi) is 8.54. The lowest BCUT2D eigenvalue weighted by atomic mass is 10.2. The van der Waals surface area contributed by atoms with Gasteiger partial charge in [0.2, 0.25) is 0 Å². The molecule has 1 N–H and O–H groups in total. The third-order valence-corrected chi connectivity index (χ3v) is 4.29. The average molecular weight is 463 g/mol. The van der Waals surface area contributed by atoms with Gasteiger partial charge in [-0.2, -0.15) is 5.10 Å². The fourth-order valence-corrected chi connectivity index (χ4v) is 2.99. The number of hydrazone groups is 1. The van der Waals surface area contributed by atoms with Crippen molar-refractivity contribution in [2.75, 3.05) is 27.4 Å². The fraction of sp³-hybridized carbons (Fsp3) is 0.238. The van der Waals surface area contributed by atoms with E-state index in [1.807, 2.05) is 13.0 Å². The van der Waals surface area contributed by atoms with Crippen LogP contribution in [0.5, 0.6) is 23.0 Å². The SMILES string of the molecule is C=CCOc1c(Br)cc(/C=N/NC(=O)c2ccc(OC)c(OC)c2)cc1OCC. The lowest BCUT2D eigenvalue weighted by Crippen LogP contribution is -2.17. The van der Waals surface area contributed by atoms with Crippen molar-refractivity contribution in [1.29, 1.82) is 0 Å². The Labute approximate surface area is 178 Å². The van der Waals surface area contributed by atoms with E-state index in [0.717, 1.165) is 5.56 Å². The third-order valence-electron chi connectivity index (χ3n) is 3.70. The normalized spacial score (nSPS) is 10.5. The van der Waals surface area contributed by atoms with Gasteiger partial charge in [-0.25, -0.2) is 5.43 Å². The van der Waals surface area contributed by atoms with Crippen LogP contribution >= 0.6 is 15.9 Å². The first-order chi connectivity index (χ1) is 14.0. The van der Waals surface area contributed by atoms with Crippen LogP contribution in [0.25, 0.3) is 0 Å². The maximum Gasteiger partial charge on any atom is 0.271 e. The van der Waals surface area contributed by atoms with E-state index in [4.69, 9.17) is 18.9 Å². The first-order valence-corrected chi connectivity index (χ1v) is 9.58. The number of methoxy groups -OCH3 is 2. The Balaban J connectivity index is 2.15. The van der Waals surface area contributed by atoms with Crippen molar-refractivity contribution in [2.45, 2.75) is 6.92 Å². The smallest absolute Gasteiger partial charge is 0.271 e. The number of halogens is 1. The molecular formula is C21H23BrN2O5. The van der Waals surface area contributed by atoms with Crippen LogP contribution in [0.15, 0.2) is 52.6 Å². The van der Waals surface area contributed by atoms with E-state index in [0.29, 0.717) is 46.2 Å². The summed E-state index contributed by atoms with van der Waals surface area (Å²) in [5.41, 5.74) is 3.60. The van der Waals surface area contributed by atoms with Crippen LogP contribution in [0.2, 0.25) is 0 Å². The van der Waals surface area contributed by atoms with Crippen molar-refractivity contribution in [3.63, 3.8) is 0 Å². The first-order valence-electron chi connectivity index (χ1n) is 8.79. The van der Waals surface area contributed by atoms with E-state index in [9.17, 15) is 4.79 Å². The van der Waals surface area contributed by atoms with Crippen LogP contribution in [0.4, 0.5) is 0 Å². The lowest BCUT2D eigenvalue weighted by Gasteiger charge is -2.13. The standard InChI is InChI=1S/C21H23BrN2O5/c1-5-9-29-20-16(22)10-14(11-19(20)28-6-2)13-23-24-21(25)15-7-8-17(26-3)18(12-15)27-4/h5,7-8,10-13H,1,6,9H2,2-4H3,(H,24,25)/b23-13+. The minimum atomic E-state index is -0.378. The molecule has 0 saturated heterocycles. The largest absolute Gasteiger partial charge is 0.493 e. The van der Waals surface area contributed by atoms with Gasteiger partial charge in [-0.15, -0.1) is 0 Å². The van der Waals surface area contributed by atoms with Gasteiger partial charge in [-0.3, -0.25) is 4.79 Å². The number of ether oxygens (including phenoxy) is 4. The molecule has 7 nitrogen and oxygen atoms in total. The highest BCUT2D eigenvalue weighted by Gasteiger charge is 2.12. The molecule has 0 spiro atoms. The van der Waals surface area contributed by atoms with Crippen LogP contribution in [0, 0.1) is 0 Å². The number of carbonyl (C=O) groups is 1. The number of amides is 1. The topological polar surface area (TPSA) is 78.4 Å². The number of rotatable bonds is 10. The van der Waals surface area contributed by atoms with Crippen molar-refractivity contribution in [3.8, 4) is 23.0 Å². The third kappa shape index (κ3) is 5.99. The van der Waals surface area contributed by atoms with Crippen molar-refractivity contribution in [2.24, 2.45) is 5.10 Å². The van der Waals surface area contributed by atoms with E-state index < -0.39 is 0 Å². The van der Waals surface area contributed by atoms with E-state index >= 15 is 0 Å². The van der Waals surface area contributed by atoms with Gasteiger partial charge < -0.3 is 18.9 Å². The van der Waals surface area contributed by atoms with Crippen LogP contribution in [-0.4, -0.2) is 39.6 Å². The Morgan fingerprint density at radius 1 is 1.14 bits per heavy atom.